The fourth-order valence-corrected chi connectivity index (χ4v) is 1.96. The summed E-state index contributed by atoms with van der Waals surface area (Å²) in [5.41, 5.74) is 1.44. The first-order valence-corrected chi connectivity index (χ1v) is 5.74. The number of aromatic nitrogens is 2. The van der Waals surface area contributed by atoms with Gasteiger partial charge in [-0.05, 0) is 27.6 Å². The molecule has 0 spiro atoms. The first-order chi connectivity index (χ1) is 7.72. The summed E-state index contributed by atoms with van der Waals surface area (Å²) < 4.78 is 2.31. The van der Waals surface area contributed by atoms with Gasteiger partial charge in [0.2, 0.25) is 0 Å². The Morgan fingerprint density at radius 3 is 2.88 bits per heavy atom. The van der Waals surface area contributed by atoms with Crippen LogP contribution in [0.3, 0.4) is 0 Å². The maximum atomic E-state index is 8.96. The molecule has 0 aliphatic rings. The van der Waals surface area contributed by atoms with Crippen molar-refractivity contribution in [1.82, 2.24) is 9.78 Å². The molecule has 5 heteroatoms. The Bertz CT molecular complexity index is 557. The van der Waals surface area contributed by atoms with Gasteiger partial charge in [-0.3, -0.25) is 0 Å². The Balaban J connectivity index is 2.35. The standard InChI is InChI=1S/C11H7BrClN3/c12-9-6-15-16(11(9)5-14)7-8-3-1-2-4-10(8)13/h1-4,6H,7H2. The van der Waals surface area contributed by atoms with Gasteiger partial charge in [0.15, 0.2) is 5.69 Å². The predicted molar refractivity (Wildman–Crippen MR) is 65.2 cm³/mol. The van der Waals surface area contributed by atoms with Gasteiger partial charge in [0.05, 0.1) is 17.2 Å². The van der Waals surface area contributed by atoms with E-state index in [0.29, 0.717) is 21.7 Å². The van der Waals surface area contributed by atoms with Gasteiger partial charge in [0.1, 0.15) is 6.07 Å². The number of nitriles is 1. The van der Waals surface area contributed by atoms with Crippen molar-refractivity contribution in [3.63, 3.8) is 0 Å². The van der Waals surface area contributed by atoms with E-state index < -0.39 is 0 Å². The Kier molecular flexibility index (Phi) is 3.28. The van der Waals surface area contributed by atoms with E-state index >= 15 is 0 Å². The molecule has 0 unspecified atom stereocenters. The van der Waals surface area contributed by atoms with Gasteiger partial charge in [0, 0.05) is 5.02 Å². The maximum Gasteiger partial charge on any atom is 0.153 e. The van der Waals surface area contributed by atoms with E-state index in [9.17, 15) is 0 Å². The van der Waals surface area contributed by atoms with Gasteiger partial charge in [0.25, 0.3) is 0 Å². The zero-order valence-corrected chi connectivity index (χ0v) is 10.5. The van der Waals surface area contributed by atoms with Crippen molar-refractivity contribution in [2.75, 3.05) is 0 Å². The van der Waals surface area contributed by atoms with Crippen molar-refractivity contribution < 1.29 is 0 Å². The Morgan fingerprint density at radius 1 is 1.44 bits per heavy atom. The second-order valence-electron chi connectivity index (χ2n) is 3.20. The number of rotatable bonds is 2. The van der Waals surface area contributed by atoms with Crippen LogP contribution in [-0.4, -0.2) is 9.78 Å². The summed E-state index contributed by atoms with van der Waals surface area (Å²) in [6.45, 7) is 0.494. The van der Waals surface area contributed by atoms with E-state index in [4.69, 9.17) is 16.9 Å². The molecule has 80 valence electrons. The Hall–Kier alpha value is -1.31. The van der Waals surface area contributed by atoms with Gasteiger partial charge < -0.3 is 0 Å². The summed E-state index contributed by atoms with van der Waals surface area (Å²) in [4.78, 5) is 0. The molecule has 2 rings (SSSR count). The minimum atomic E-state index is 0.494. The van der Waals surface area contributed by atoms with Crippen LogP contribution in [0.25, 0.3) is 0 Å². The van der Waals surface area contributed by atoms with Crippen LogP contribution < -0.4 is 0 Å². The molecule has 0 saturated heterocycles. The molecule has 0 amide bonds. The molecule has 0 fully saturated rings. The zero-order valence-electron chi connectivity index (χ0n) is 8.19. The highest BCUT2D eigenvalue weighted by molar-refractivity contribution is 9.10. The lowest BCUT2D eigenvalue weighted by Gasteiger charge is -2.05. The van der Waals surface area contributed by atoms with E-state index in [-0.39, 0.29) is 0 Å². The van der Waals surface area contributed by atoms with Crippen LogP contribution in [0.4, 0.5) is 0 Å². The van der Waals surface area contributed by atoms with E-state index in [0.717, 1.165) is 5.56 Å². The summed E-state index contributed by atoms with van der Waals surface area (Å²) in [7, 11) is 0. The quantitative estimate of drug-likeness (QED) is 0.854. The minimum Gasteiger partial charge on any atom is -0.249 e. The number of nitrogens with zero attached hydrogens (tertiary/aromatic N) is 3. The van der Waals surface area contributed by atoms with Crippen molar-refractivity contribution in [1.29, 1.82) is 5.26 Å². The number of hydrogen-bond acceptors (Lipinski definition) is 2. The van der Waals surface area contributed by atoms with Gasteiger partial charge in [-0.1, -0.05) is 29.8 Å². The molecule has 0 radical (unpaired) electrons. The SMILES string of the molecule is N#Cc1c(Br)cnn1Cc1ccccc1Cl. The molecule has 1 aromatic heterocycles. The van der Waals surface area contributed by atoms with Crippen LogP contribution in [-0.2, 0) is 6.54 Å². The topological polar surface area (TPSA) is 41.6 Å². The van der Waals surface area contributed by atoms with Crippen LogP contribution >= 0.6 is 27.5 Å². The average Bonchev–Trinajstić information content (AvgIpc) is 2.63. The van der Waals surface area contributed by atoms with Crippen molar-refractivity contribution in [2.24, 2.45) is 0 Å². The molecular weight excluding hydrogens is 289 g/mol. The van der Waals surface area contributed by atoms with E-state index in [1.807, 2.05) is 24.3 Å². The number of hydrogen-bond donors (Lipinski definition) is 0. The molecule has 0 saturated carbocycles. The molecular formula is C11H7BrClN3. The summed E-state index contributed by atoms with van der Waals surface area (Å²) in [5.74, 6) is 0. The third kappa shape index (κ3) is 2.11. The highest BCUT2D eigenvalue weighted by Gasteiger charge is 2.09. The highest BCUT2D eigenvalue weighted by atomic mass is 79.9. The molecule has 0 bridgehead atoms. The number of benzene rings is 1. The van der Waals surface area contributed by atoms with Crippen LogP contribution in [0.15, 0.2) is 34.9 Å². The predicted octanol–water partition coefficient (Wildman–Crippen LogP) is 3.22. The van der Waals surface area contributed by atoms with Gasteiger partial charge >= 0.3 is 0 Å². The van der Waals surface area contributed by atoms with Crippen LogP contribution in [0.5, 0.6) is 0 Å². The minimum absolute atomic E-state index is 0.494. The van der Waals surface area contributed by atoms with Crippen LogP contribution in [0.2, 0.25) is 5.02 Å². The molecule has 2 aromatic rings. The maximum absolute atomic E-state index is 8.96. The normalized spacial score (nSPS) is 10.1. The van der Waals surface area contributed by atoms with E-state index in [1.165, 1.54) is 0 Å². The Labute approximate surface area is 106 Å². The number of halogens is 2. The second kappa shape index (κ2) is 4.69. The molecule has 16 heavy (non-hydrogen) atoms. The second-order valence-corrected chi connectivity index (χ2v) is 4.46. The molecule has 0 atom stereocenters. The monoisotopic (exact) mass is 295 g/mol. The molecule has 1 heterocycles. The molecule has 0 aliphatic carbocycles. The lowest BCUT2D eigenvalue weighted by atomic mass is 10.2. The van der Waals surface area contributed by atoms with Crippen molar-refractivity contribution >= 4 is 27.5 Å². The lowest BCUT2D eigenvalue weighted by molar-refractivity contribution is 0.677. The molecule has 1 aromatic carbocycles. The van der Waals surface area contributed by atoms with Gasteiger partial charge in [-0.25, -0.2) is 4.68 Å². The van der Waals surface area contributed by atoms with Crippen LogP contribution in [0, 0.1) is 11.3 Å². The molecule has 0 aliphatic heterocycles. The van der Waals surface area contributed by atoms with Crippen molar-refractivity contribution in [3.05, 3.63) is 51.2 Å². The van der Waals surface area contributed by atoms with Gasteiger partial charge in [-0.2, -0.15) is 10.4 Å². The zero-order chi connectivity index (χ0) is 11.5. The fraction of sp³-hybridized carbons (Fsp3) is 0.0909. The summed E-state index contributed by atoms with van der Waals surface area (Å²) in [5, 5.41) is 13.8. The van der Waals surface area contributed by atoms with Crippen LogP contribution in [0.1, 0.15) is 11.3 Å². The molecule has 3 nitrogen and oxygen atoms in total. The summed E-state index contributed by atoms with van der Waals surface area (Å²) in [6, 6.07) is 9.61. The average molecular weight is 297 g/mol. The van der Waals surface area contributed by atoms with E-state index in [1.54, 1.807) is 10.9 Å². The Morgan fingerprint density at radius 2 is 2.19 bits per heavy atom. The summed E-state index contributed by atoms with van der Waals surface area (Å²) >= 11 is 9.31. The van der Waals surface area contributed by atoms with Crippen molar-refractivity contribution in [2.45, 2.75) is 6.54 Å². The summed E-state index contributed by atoms with van der Waals surface area (Å²) in [6.07, 6.45) is 1.61. The van der Waals surface area contributed by atoms with E-state index in [2.05, 4.69) is 27.1 Å². The lowest BCUT2D eigenvalue weighted by Crippen LogP contribution is -2.04. The first kappa shape index (κ1) is 11.2. The highest BCUT2D eigenvalue weighted by Crippen LogP contribution is 2.19. The van der Waals surface area contributed by atoms with Crippen molar-refractivity contribution in [3.8, 4) is 6.07 Å². The first-order valence-electron chi connectivity index (χ1n) is 4.57. The largest absolute Gasteiger partial charge is 0.249 e. The molecule has 0 N–H and O–H groups in total. The smallest absolute Gasteiger partial charge is 0.153 e. The third-order valence-electron chi connectivity index (χ3n) is 2.18. The van der Waals surface area contributed by atoms with Gasteiger partial charge in [-0.15, -0.1) is 0 Å². The third-order valence-corrected chi connectivity index (χ3v) is 3.13. The fourth-order valence-electron chi connectivity index (χ4n) is 1.38.